The van der Waals surface area contributed by atoms with Gasteiger partial charge in [-0.3, -0.25) is 14.4 Å². The zero-order valence-corrected chi connectivity index (χ0v) is 22.8. The van der Waals surface area contributed by atoms with Crippen LogP contribution in [0.1, 0.15) is 6.42 Å². The van der Waals surface area contributed by atoms with Gasteiger partial charge < -0.3 is 10.2 Å². The van der Waals surface area contributed by atoms with Gasteiger partial charge in [0.05, 0.1) is 21.8 Å². The molecule has 200 valence electrons. The second kappa shape index (κ2) is 11.6. The highest BCUT2D eigenvalue weighted by atomic mass is 35.5. The van der Waals surface area contributed by atoms with Crippen molar-refractivity contribution in [2.75, 3.05) is 40.5 Å². The molecule has 0 aliphatic carbocycles. The van der Waals surface area contributed by atoms with E-state index < -0.39 is 20.0 Å². The van der Waals surface area contributed by atoms with E-state index in [-0.39, 0.29) is 33.6 Å². The van der Waals surface area contributed by atoms with Crippen molar-refractivity contribution < 1.29 is 16.8 Å². The molecule has 1 aromatic heterocycles. The lowest BCUT2D eigenvalue weighted by Crippen LogP contribution is -2.28. The van der Waals surface area contributed by atoms with E-state index in [0.29, 0.717) is 10.9 Å². The highest BCUT2D eigenvalue weighted by molar-refractivity contribution is 7.93. The van der Waals surface area contributed by atoms with Crippen molar-refractivity contribution in [3.05, 3.63) is 85.1 Å². The van der Waals surface area contributed by atoms with Crippen LogP contribution >= 0.6 is 12.4 Å². The molecule has 0 atom stereocenters. The first-order valence-electron chi connectivity index (χ1n) is 11.9. The maximum absolute atomic E-state index is 13.5. The molecule has 9 nitrogen and oxygen atoms in total. The number of rotatable bonds is 7. The fourth-order valence-corrected chi connectivity index (χ4v) is 6.65. The average molecular weight is 574 g/mol. The Kier molecular flexibility index (Phi) is 8.41. The molecule has 3 aromatic carbocycles. The third kappa shape index (κ3) is 6.02. The lowest BCUT2D eigenvalue weighted by molar-refractivity contribution is 0.599. The van der Waals surface area contributed by atoms with Gasteiger partial charge in [0.2, 0.25) is 0 Å². The number of halogens is 1. The summed E-state index contributed by atoms with van der Waals surface area (Å²) in [5.41, 5.74) is 1.38. The van der Waals surface area contributed by atoms with Gasteiger partial charge in [-0.25, -0.2) is 16.8 Å². The summed E-state index contributed by atoms with van der Waals surface area (Å²) in [6, 6.07) is 21.4. The Morgan fingerprint density at radius 1 is 0.763 bits per heavy atom. The van der Waals surface area contributed by atoms with Crippen molar-refractivity contribution in [3.63, 3.8) is 0 Å². The van der Waals surface area contributed by atoms with E-state index in [9.17, 15) is 16.8 Å². The normalized spacial score (nSPS) is 14.4. The van der Waals surface area contributed by atoms with E-state index in [4.69, 9.17) is 0 Å². The molecule has 1 fully saturated rings. The van der Waals surface area contributed by atoms with Crippen molar-refractivity contribution in [3.8, 4) is 0 Å². The summed E-state index contributed by atoms with van der Waals surface area (Å²) in [4.78, 5) is 6.48. The average Bonchev–Trinajstić information content (AvgIpc) is 3.19. The fourth-order valence-electron chi connectivity index (χ4n) is 4.30. The minimum absolute atomic E-state index is 0. The largest absolute Gasteiger partial charge is 0.370 e. The summed E-state index contributed by atoms with van der Waals surface area (Å²) in [5.74, 6) is 0. The Hall–Kier alpha value is -3.38. The second-order valence-corrected chi connectivity index (χ2v) is 12.0. The van der Waals surface area contributed by atoms with Crippen molar-refractivity contribution >= 4 is 60.4 Å². The number of aromatic nitrogens is 1. The summed E-state index contributed by atoms with van der Waals surface area (Å²) in [6.45, 7) is 3.25. The van der Waals surface area contributed by atoms with Crippen LogP contribution in [0, 0.1) is 0 Å². The monoisotopic (exact) mass is 573 g/mol. The van der Waals surface area contributed by atoms with Crippen LogP contribution in [0.3, 0.4) is 0 Å². The van der Waals surface area contributed by atoms with Crippen molar-refractivity contribution in [1.82, 2.24) is 10.3 Å². The summed E-state index contributed by atoms with van der Waals surface area (Å²) in [6.07, 6.45) is 2.47. The van der Waals surface area contributed by atoms with E-state index in [2.05, 4.69) is 24.6 Å². The predicted octanol–water partition coefficient (Wildman–Crippen LogP) is 4.06. The molecule has 0 bridgehead atoms. The molecule has 5 rings (SSSR count). The molecular formula is C26H28ClN5O4S2. The first-order chi connectivity index (χ1) is 17.8. The van der Waals surface area contributed by atoms with Gasteiger partial charge in [-0.2, -0.15) is 0 Å². The number of nitrogens with one attached hydrogen (secondary N) is 3. The first-order valence-corrected chi connectivity index (χ1v) is 14.8. The maximum Gasteiger partial charge on any atom is 0.264 e. The summed E-state index contributed by atoms with van der Waals surface area (Å²) < 4.78 is 58.5. The van der Waals surface area contributed by atoms with E-state index in [1.807, 2.05) is 0 Å². The predicted molar refractivity (Wildman–Crippen MR) is 153 cm³/mol. The quantitative estimate of drug-likeness (QED) is 0.305. The topological polar surface area (TPSA) is 120 Å². The standard InChI is InChI=1S/C26H27N5O4S2.ClH/c32-36(33,22-9-2-1-3-10-22)30-24-19-21(31-17-6-14-27-16-18-31)12-13-23(24)29-37(34,35)25-11-4-7-20-8-5-15-28-26(20)25;/h1-5,7-13,15,19,27,29-30H,6,14,16-18H2;1H. The molecule has 4 aromatic rings. The Morgan fingerprint density at radius 3 is 2.34 bits per heavy atom. The molecule has 1 saturated heterocycles. The van der Waals surface area contributed by atoms with Gasteiger partial charge in [-0.15, -0.1) is 12.4 Å². The molecule has 0 amide bonds. The molecule has 1 aliphatic heterocycles. The molecule has 0 saturated carbocycles. The van der Waals surface area contributed by atoms with Gasteiger partial charge in [0.1, 0.15) is 4.90 Å². The minimum Gasteiger partial charge on any atom is -0.370 e. The Balaban J connectivity index is 0.00000336. The van der Waals surface area contributed by atoms with Crippen LogP contribution in [0.25, 0.3) is 10.9 Å². The van der Waals surface area contributed by atoms with Gasteiger partial charge in [-0.05, 0) is 55.4 Å². The van der Waals surface area contributed by atoms with Crippen molar-refractivity contribution in [1.29, 1.82) is 0 Å². The van der Waals surface area contributed by atoms with Crippen LogP contribution in [0.15, 0.2) is 94.9 Å². The summed E-state index contributed by atoms with van der Waals surface area (Å²) in [5, 5.41) is 4.03. The third-order valence-corrected chi connectivity index (χ3v) is 8.91. The van der Waals surface area contributed by atoms with Crippen LogP contribution in [-0.4, -0.2) is 48.0 Å². The maximum atomic E-state index is 13.5. The van der Waals surface area contributed by atoms with E-state index in [0.717, 1.165) is 38.3 Å². The SMILES string of the molecule is Cl.O=S(=O)(Nc1cc(N2CCCNCC2)ccc1NS(=O)(=O)c1cccc2cccnc12)c1ccccc1. The minimum atomic E-state index is -4.10. The zero-order valence-electron chi connectivity index (χ0n) is 20.4. The number of fused-ring (bicyclic) bond motifs is 1. The molecule has 3 N–H and O–H groups in total. The third-order valence-electron chi connectivity index (χ3n) is 6.14. The molecule has 1 aliphatic rings. The lowest BCUT2D eigenvalue weighted by atomic mass is 10.2. The van der Waals surface area contributed by atoms with Crippen molar-refractivity contribution in [2.24, 2.45) is 0 Å². The van der Waals surface area contributed by atoms with Gasteiger partial charge in [0.15, 0.2) is 0 Å². The zero-order chi connectivity index (χ0) is 25.9. The molecule has 12 heteroatoms. The number of nitrogens with zero attached hydrogens (tertiary/aromatic N) is 2. The number of para-hydroxylation sites is 1. The first kappa shape index (κ1) is 27.6. The number of pyridine rings is 1. The van der Waals surface area contributed by atoms with Crippen LogP contribution in [-0.2, 0) is 20.0 Å². The molecule has 2 heterocycles. The highest BCUT2D eigenvalue weighted by Gasteiger charge is 2.23. The van der Waals surface area contributed by atoms with E-state index in [1.165, 1.54) is 24.4 Å². The number of hydrogen-bond donors (Lipinski definition) is 3. The van der Waals surface area contributed by atoms with Crippen LogP contribution in [0.2, 0.25) is 0 Å². The number of anilines is 3. The van der Waals surface area contributed by atoms with Crippen molar-refractivity contribution in [2.45, 2.75) is 16.2 Å². The van der Waals surface area contributed by atoms with E-state index in [1.54, 1.807) is 60.7 Å². The van der Waals surface area contributed by atoms with Gasteiger partial charge in [-0.1, -0.05) is 36.4 Å². The summed E-state index contributed by atoms with van der Waals surface area (Å²) >= 11 is 0. The Labute approximate surface area is 228 Å². The smallest absolute Gasteiger partial charge is 0.264 e. The highest BCUT2D eigenvalue weighted by Crippen LogP contribution is 2.33. The second-order valence-electron chi connectivity index (χ2n) is 8.68. The molecule has 0 unspecified atom stereocenters. The molecule has 0 radical (unpaired) electrons. The van der Waals surface area contributed by atoms with Gasteiger partial charge in [0, 0.05) is 36.9 Å². The van der Waals surface area contributed by atoms with Gasteiger partial charge in [0.25, 0.3) is 20.0 Å². The van der Waals surface area contributed by atoms with Gasteiger partial charge >= 0.3 is 0 Å². The molecule has 38 heavy (non-hydrogen) atoms. The van der Waals surface area contributed by atoms with E-state index >= 15 is 0 Å². The number of benzene rings is 3. The number of hydrogen-bond acceptors (Lipinski definition) is 7. The summed E-state index contributed by atoms with van der Waals surface area (Å²) in [7, 11) is -8.07. The Bertz CT molecular complexity index is 1620. The van der Waals surface area contributed by atoms with Crippen LogP contribution in [0.5, 0.6) is 0 Å². The fraction of sp³-hybridized carbons (Fsp3) is 0.192. The number of sulfonamides is 2. The Morgan fingerprint density at radius 2 is 1.53 bits per heavy atom. The van der Waals surface area contributed by atoms with Crippen LogP contribution in [0.4, 0.5) is 17.1 Å². The lowest BCUT2D eigenvalue weighted by Gasteiger charge is -2.24. The van der Waals surface area contributed by atoms with Crippen LogP contribution < -0.4 is 19.7 Å². The molecular weight excluding hydrogens is 546 g/mol. The molecule has 0 spiro atoms.